The van der Waals surface area contributed by atoms with Gasteiger partial charge >= 0.3 is 19.8 Å². The molecule has 0 aromatic carbocycles. The van der Waals surface area contributed by atoms with E-state index in [1.54, 1.807) is 0 Å². The van der Waals surface area contributed by atoms with Gasteiger partial charge in [0, 0.05) is 12.8 Å². The molecule has 0 rings (SSSR count). The first-order valence-electron chi connectivity index (χ1n) is 18.9. The molecule has 0 aliphatic carbocycles. The molecule has 10 heteroatoms. The second kappa shape index (κ2) is 33.1. The van der Waals surface area contributed by atoms with Gasteiger partial charge in [-0.3, -0.25) is 14.1 Å². The molecule has 0 aromatic rings. The molecule has 0 radical (unpaired) electrons. The standard InChI is InChI=1S/C39H69O9P/c1-4-28-36(40)30-25-21-17-13-8-6-5-7-9-14-18-22-26-31-38(41)46-33-37(34-47-49(43,44)45)48-39(42)32-27-23-19-15-11-10-12-16-20-24-29-35(2)3/h5,7-8,13-14,18,21,25,35-37,40H,4,6,9-12,15-17,19-20,22-24,26-34H2,1-3H3,(H2,43,44,45)/b7-5-,13-8-,18-14-,25-21-/t36?,37-/m1/s1. The maximum Gasteiger partial charge on any atom is 0.469 e. The summed E-state index contributed by atoms with van der Waals surface area (Å²) < 4.78 is 26.2. The fraction of sp³-hybridized carbons (Fsp3) is 0.744. The predicted octanol–water partition coefficient (Wildman–Crippen LogP) is 10.0. The van der Waals surface area contributed by atoms with Crippen LogP contribution in [-0.2, 0) is 28.2 Å². The molecule has 0 aromatic heterocycles. The molecule has 0 saturated carbocycles. The number of allylic oxidation sites excluding steroid dienone is 7. The van der Waals surface area contributed by atoms with Crippen molar-refractivity contribution in [3.63, 3.8) is 0 Å². The van der Waals surface area contributed by atoms with E-state index in [9.17, 15) is 19.3 Å². The molecular weight excluding hydrogens is 643 g/mol. The molecule has 0 spiro atoms. The number of phosphoric acid groups is 1. The molecule has 0 saturated heterocycles. The minimum atomic E-state index is -4.77. The van der Waals surface area contributed by atoms with Crippen LogP contribution in [0.25, 0.3) is 0 Å². The van der Waals surface area contributed by atoms with E-state index in [1.165, 1.54) is 44.9 Å². The quantitative estimate of drug-likeness (QED) is 0.0262. The van der Waals surface area contributed by atoms with Crippen LogP contribution in [0.3, 0.4) is 0 Å². The predicted molar refractivity (Wildman–Crippen MR) is 199 cm³/mol. The minimum absolute atomic E-state index is 0.176. The number of ether oxygens (including phenoxy) is 2. The third kappa shape index (κ3) is 37.1. The number of carbonyl (C=O) groups is 2. The Morgan fingerprint density at radius 2 is 1.16 bits per heavy atom. The van der Waals surface area contributed by atoms with Crippen LogP contribution in [0.5, 0.6) is 0 Å². The van der Waals surface area contributed by atoms with Gasteiger partial charge in [0.25, 0.3) is 0 Å². The topological polar surface area (TPSA) is 140 Å². The SMILES string of the molecule is CCCC(O)C/C=C\C/C=C\C/C=C\C/C=C\CCCC(=O)OC[C@H](COP(=O)(O)O)OC(=O)CCCCCCCCCCCCC(C)C. The van der Waals surface area contributed by atoms with E-state index in [4.69, 9.17) is 19.3 Å². The molecule has 1 unspecified atom stereocenters. The fourth-order valence-electron chi connectivity index (χ4n) is 5.03. The van der Waals surface area contributed by atoms with E-state index in [0.717, 1.165) is 57.3 Å². The highest BCUT2D eigenvalue weighted by Crippen LogP contribution is 2.36. The van der Waals surface area contributed by atoms with Gasteiger partial charge in [0.2, 0.25) is 0 Å². The summed E-state index contributed by atoms with van der Waals surface area (Å²) in [6, 6.07) is 0. The molecule has 0 bridgehead atoms. The summed E-state index contributed by atoms with van der Waals surface area (Å²) in [4.78, 5) is 42.7. The highest BCUT2D eigenvalue weighted by molar-refractivity contribution is 7.46. The van der Waals surface area contributed by atoms with Crippen LogP contribution in [0.4, 0.5) is 0 Å². The van der Waals surface area contributed by atoms with Crippen molar-refractivity contribution in [2.75, 3.05) is 13.2 Å². The van der Waals surface area contributed by atoms with Crippen LogP contribution < -0.4 is 0 Å². The second-order valence-corrected chi connectivity index (χ2v) is 14.5. The Hall–Kier alpha value is -2.03. The van der Waals surface area contributed by atoms with Gasteiger partial charge in [-0.1, -0.05) is 140 Å². The third-order valence-electron chi connectivity index (χ3n) is 7.83. The van der Waals surface area contributed by atoms with Crippen LogP contribution in [0.15, 0.2) is 48.6 Å². The maximum atomic E-state index is 12.3. The van der Waals surface area contributed by atoms with Crippen molar-refractivity contribution in [3.05, 3.63) is 48.6 Å². The van der Waals surface area contributed by atoms with Crippen molar-refractivity contribution >= 4 is 19.8 Å². The third-order valence-corrected chi connectivity index (χ3v) is 8.32. The molecule has 0 aliphatic heterocycles. The summed E-state index contributed by atoms with van der Waals surface area (Å²) in [7, 11) is -4.77. The highest BCUT2D eigenvalue weighted by Gasteiger charge is 2.22. The largest absolute Gasteiger partial charge is 0.469 e. The van der Waals surface area contributed by atoms with Gasteiger partial charge in [0.1, 0.15) is 6.61 Å². The molecular formula is C39H69O9P. The van der Waals surface area contributed by atoms with E-state index in [1.807, 2.05) is 18.2 Å². The fourth-order valence-corrected chi connectivity index (χ4v) is 5.40. The highest BCUT2D eigenvalue weighted by atomic mass is 31.2. The van der Waals surface area contributed by atoms with Gasteiger partial charge < -0.3 is 24.4 Å². The van der Waals surface area contributed by atoms with Crippen molar-refractivity contribution in [1.82, 2.24) is 0 Å². The van der Waals surface area contributed by atoms with Gasteiger partial charge in [-0.15, -0.1) is 0 Å². The molecule has 0 heterocycles. The van der Waals surface area contributed by atoms with E-state index in [2.05, 4.69) is 55.7 Å². The summed E-state index contributed by atoms with van der Waals surface area (Å²) in [5.41, 5.74) is 0. The molecule has 0 amide bonds. The smallest absolute Gasteiger partial charge is 0.462 e. The average Bonchev–Trinajstić information content (AvgIpc) is 3.04. The molecule has 3 N–H and O–H groups in total. The normalized spacial score (nSPS) is 13.8. The molecule has 49 heavy (non-hydrogen) atoms. The Balaban J connectivity index is 4.09. The second-order valence-electron chi connectivity index (χ2n) is 13.2. The minimum Gasteiger partial charge on any atom is -0.462 e. The van der Waals surface area contributed by atoms with E-state index in [-0.39, 0.29) is 25.6 Å². The monoisotopic (exact) mass is 712 g/mol. The Morgan fingerprint density at radius 3 is 1.71 bits per heavy atom. The number of hydrogen-bond acceptors (Lipinski definition) is 7. The number of hydrogen-bond donors (Lipinski definition) is 3. The van der Waals surface area contributed by atoms with Gasteiger partial charge in [0.05, 0.1) is 12.7 Å². The van der Waals surface area contributed by atoms with E-state index >= 15 is 0 Å². The number of carbonyl (C=O) groups excluding carboxylic acids is 2. The van der Waals surface area contributed by atoms with Crippen molar-refractivity contribution in [1.29, 1.82) is 0 Å². The van der Waals surface area contributed by atoms with Crippen LogP contribution >= 0.6 is 7.82 Å². The lowest BCUT2D eigenvalue weighted by Gasteiger charge is -2.18. The van der Waals surface area contributed by atoms with Crippen LogP contribution in [0.1, 0.15) is 156 Å². The Bertz CT molecular complexity index is 968. The summed E-state index contributed by atoms with van der Waals surface area (Å²) in [6.07, 6.45) is 34.8. The number of aliphatic hydroxyl groups is 1. The summed E-state index contributed by atoms with van der Waals surface area (Å²) in [5.74, 6) is -0.184. The van der Waals surface area contributed by atoms with Crippen molar-refractivity contribution in [2.45, 2.75) is 168 Å². The molecule has 9 nitrogen and oxygen atoms in total. The molecule has 2 atom stereocenters. The lowest BCUT2D eigenvalue weighted by atomic mass is 10.0. The zero-order valence-electron chi connectivity index (χ0n) is 30.9. The number of unbranched alkanes of at least 4 members (excludes halogenated alkanes) is 10. The molecule has 284 valence electrons. The average molecular weight is 713 g/mol. The molecule has 0 fully saturated rings. The first kappa shape index (κ1) is 47.0. The van der Waals surface area contributed by atoms with Crippen molar-refractivity contribution in [3.8, 4) is 0 Å². The van der Waals surface area contributed by atoms with Gasteiger partial charge in [0.15, 0.2) is 6.10 Å². The zero-order valence-corrected chi connectivity index (χ0v) is 31.7. The lowest BCUT2D eigenvalue weighted by Crippen LogP contribution is -2.29. The number of rotatable bonds is 33. The first-order chi connectivity index (χ1) is 23.5. The van der Waals surface area contributed by atoms with Gasteiger partial charge in [-0.2, -0.15) is 0 Å². The van der Waals surface area contributed by atoms with E-state index < -0.39 is 32.5 Å². The van der Waals surface area contributed by atoms with Gasteiger partial charge in [-0.25, -0.2) is 4.57 Å². The summed E-state index contributed by atoms with van der Waals surface area (Å²) in [6.45, 7) is 5.72. The summed E-state index contributed by atoms with van der Waals surface area (Å²) in [5, 5.41) is 9.69. The Kier molecular flexibility index (Phi) is 31.8. The van der Waals surface area contributed by atoms with Crippen LogP contribution in [-0.4, -0.2) is 52.3 Å². The number of aliphatic hydroxyl groups excluding tert-OH is 1. The van der Waals surface area contributed by atoms with E-state index in [0.29, 0.717) is 25.7 Å². The Morgan fingerprint density at radius 1 is 0.653 bits per heavy atom. The molecule has 0 aliphatic rings. The van der Waals surface area contributed by atoms with Gasteiger partial charge in [-0.05, 0) is 57.3 Å². The maximum absolute atomic E-state index is 12.3. The first-order valence-corrected chi connectivity index (χ1v) is 20.4. The zero-order chi connectivity index (χ0) is 36.4. The number of phosphoric ester groups is 1. The van der Waals surface area contributed by atoms with Crippen molar-refractivity contribution in [2.24, 2.45) is 5.92 Å². The number of esters is 2. The summed E-state index contributed by atoms with van der Waals surface area (Å²) >= 11 is 0. The van der Waals surface area contributed by atoms with Crippen LogP contribution in [0, 0.1) is 5.92 Å². The van der Waals surface area contributed by atoms with Crippen molar-refractivity contribution < 1.29 is 43.0 Å². The lowest BCUT2D eigenvalue weighted by molar-refractivity contribution is -0.161. The Labute approximate surface area is 297 Å². The van der Waals surface area contributed by atoms with Crippen LogP contribution in [0.2, 0.25) is 0 Å².